The lowest BCUT2D eigenvalue weighted by molar-refractivity contribution is 0.0771. The largest absolute Gasteiger partial charge is 0.464 e. The first-order chi connectivity index (χ1) is 12.0. The van der Waals surface area contributed by atoms with Gasteiger partial charge in [-0.05, 0) is 38.1 Å². The second kappa shape index (κ2) is 7.61. The number of furan rings is 1. The Morgan fingerprint density at radius 1 is 1.16 bits per heavy atom. The third-order valence-corrected chi connectivity index (χ3v) is 4.80. The van der Waals surface area contributed by atoms with E-state index in [1.54, 1.807) is 23.7 Å². The van der Waals surface area contributed by atoms with Crippen molar-refractivity contribution in [2.24, 2.45) is 0 Å². The smallest absolute Gasteiger partial charge is 0.255 e. The van der Waals surface area contributed by atoms with Crippen molar-refractivity contribution in [2.45, 2.75) is 31.0 Å². The van der Waals surface area contributed by atoms with Gasteiger partial charge in [-0.25, -0.2) is 0 Å². The van der Waals surface area contributed by atoms with Crippen molar-refractivity contribution in [3.8, 4) is 0 Å². The van der Waals surface area contributed by atoms with Crippen LogP contribution in [0.5, 0.6) is 0 Å². The van der Waals surface area contributed by atoms with Crippen LogP contribution in [-0.4, -0.2) is 23.0 Å². The number of aromatic nitrogens is 1. The van der Waals surface area contributed by atoms with Gasteiger partial charge in [-0.2, -0.15) is 0 Å². The quantitative estimate of drug-likeness (QED) is 0.611. The fourth-order valence-corrected chi connectivity index (χ4v) is 3.40. The lowest BCUT2D eigenvalue weighted by Gasteiger charge is -2.17. The summed E-state index contributed by atoms with van der Waals surface area (Å²) in [7, 11) is 1.78. The van der Waals surface area contributed by atoms with Gasteiger partial charge in [-0.3, -0.25) is 4.79 Å². The normalized spacial score (nSPS) is 10.8. The van der Waals surface area contributed by atoms with Crippen molar-refractivity contribution in [3.05, 3.63) is 71.0 Å². The van der Waals surface area contributed by atoms with Gasteiger partial charge in [0.2, 0.25) is 0 Å². The molecule has 0 saturated heterocycles. The van der Waals surface area contributed by atoms with Crippen LogP contribution in [0, 0.1) is 13.8 Å². The molecule has 1 aromatic carbocycles. The highest BCUT2D eigenvalue weighted by Crippen LogP contribution is 2.27. The fourth-order valence-electron chi connectivity index (χ4n) is 2.48. The fraction of sp³-hybridized carbons (Fsp3) is 0.263. The minimum atomic E-state index is -0.0362. The van der Waals surface area contributed by atoms with E-state index in [0.717, 1.165) is 27.9 Å². The van der Waals surface area contributed by atoms with E-state index < -0.39 is 0 Å². The number of rotatable bonds is 6. The summed E-state index contributed by atoms with van der Waals surface area (Å²) in [5.41, 5.74) is 1.53. The number of nitrogens with zero attached hydrogens (tertiary/aromatic N) is 2. The van der Waals surface area contributed by atoms with Gasteiger partial charge in [0.1, 0.15) is 17.3 Å². The van der Waals surface area contributed by atoms with Crippen LogP contribution in [0.25, 0.3) is 0 Å². The number of benzene rings is 1. The van der Waals surface area contributed by atoms with Crippen LogP contribution in [0.3, 0.4) is 0 Å². The zero-order valence-electron chi connectivity index (χ0n) is 14.5. The van der Waals surface area contributed by atoms with Crippen LogP contribution in [0.1, 0.15) is 33.3 Å². The van der Waals surface area contributed by atoms with Gasteiger partial charge in [0.15, 0.2) is 0 Å². The van der Waals surface area contributed by atoms with Gasteiger partial charge in [-0.15, -0.1) is 11.8 Å². The number of hydrogen-bond donors (Lipinski definition) is 0. The third kappa shape index (κ3) is 4.33. The van der Waals surface area contributed by atoms with Crippen LogP contribution in [0.2, 0.25) is 0 Å². The van der Waals surface area contributed by atoms with E-state index in [2.05, 4.69) is 5.16 Å². The summed E-state index contributed by atoms with van der Waals surface area (Å²) in [6, 6.07) is 13.3. The zero-order valence-corrected chi connectivity index (χ0v) is 15.3. The first kappa shape index (κ1) is 17.4. The van der Waals surface area contributed by atoms with Crippen molar-refractivity contribution in [3.63, 3.8) is 0 Å². The molecule has 0 fully saturated rings. The van der Waals surface area contributed by atoms with Crippen LogP contribution >= 0.6 is 11.8 Å². The maximum atomic E-state index is 12.8. The van der Waals surface area contributed by atoms with E-state index in [9.17, 15) is 4.79 Å². The number of hydrogen-bond acceptors (Lipinski definition) is 5. The van der Waals surface area contributed by atoms with Crippen LogP contribution < -0.4 is 0 Å². The second-order valence-corrected chi connectivity index (χ2v) is 6.91. The van der Waals surface area contributed by atoms with Crippen molar-refractivity contribution in [1.29, 1.82) is 0 Å². The molecule has 0 atom stereocenters. The van der Waals surface area contributed by atoms with Crippen molar-refractivity contribution < 1.29 is 13.7 Å². The Morgan fingerprint density at radius 3 is 2.64 bits per heavy atom. The van der Waals surface area contributed by atoms with E-state index in [1.807, 2.05) is 56.3 Å². The molecule has 0 saturated carbocycles. The Morgan fingerprint density at radius 2 is 1.96 bits per heavy atom. The summed E-state index contributed by atoms with van der Waals surface area (Å²) in [5, 5.41) is 3.89. The molecule has 5 nitrogen and oxygen atoms in total. The molecule has 0 aliphatic carbocycles. The summed E-state index contributed by atoms with van der Waals surface area (Å²) in [6.07, 6.45) is 0. The molecule has 0 unspecified atom stereocenters. The first-order valence-corrected chi connectivity index (χ1v) is 8.96. The minimum absolute atomic E-state index is 0.0362. The lowest BCUT2D eigenvalue weighted by Crippen LogP contribution is -2.26. The van der Waals surface area contributed by atoms with Gasteiger partial charge in [-0.1, -0.05) is 17.3 Å². The molecule has 130 valence electrons. The predicted molar refractivity (Wildman–Crippen MR) is 96.5 cm³/mol. The highest BCUT2D eigenvalue weighted by Gasteiger charge is 2.17. The Balaban J connectivity index is 1.71. The molecule has 0 aliphatic heterocycles. The molecule has 2 heterocycles. The maximum absolute atomic E-state index is 12.8. The molecule has 3 rings (SSSR count). The number of carbonyl (C=O) groups excluding carboxylic acids is 1. The predicted octanol–water partition coefficient (Wildman–Crippen LogP) is 4.45. The standard InChI is InChI=1S/C19H20N2O3S/c1-13-10-16(24-20-13)12-25-18-7-5-4-6-17(18)19(22)21(3)11-15-9-8-14(2)23-15/h4-10H,11-12H2,1-3H3. The number of aryl methyl sites for hydroxylation is 2. The van der Waals surface area contributed by atoms with Crippen molar-refractivity contribution in [1.82, 2.24) is 10.1 Å². The molecule has 1 amide bonds. The Bertz CT molecular complexity index is 869. The van der Waals surface area contributed by atoms with E-state index in [0.29, 0.717) is 17.9 Å². The summed E-state index contributed by atoms with van der Waals surface area (Å²) < 4.78 is 10.8. The van der Waals surface area contributed by atoms with Gasteiger partial charge < -0.3 is 13.8 Å². The summed E-state index contributed by atoms with van der Waals surface area (Å²) in [6.45, 7) is 4.22. The van der Waals surface area contributed by atoms with Gasteiger partial charge in [0.25, 0.3) is 5.91 Å². The van der Waals surface area contributed by atoms with E-state index in [-0.39, 0.29) is 5.91 Å². The van der Waals surface area contributed by atoms with Crippen LogP contribution in [0.15, 0.2) is 56.3 Å². The zero-order chi connectivity index (χ0) is 17.8. The molecule has 25 heavy (non-hydrogen) atoms. The molecule has 0 N–H and O–H groups in total. The summed E-state index contributed by atoms with van der Waals surface area (Å²) in [4.78, 5) is 15.4. The highest BCUT2D eigenvalue weighted by molar-refractivity contribution is 7.98. The number of amides is 1. The molecular formula is C19H20N2O3S. The minimum Gasteiger partial charge on any atom is -0.464 e. The molecule has 0 radical (unpaired) electrons. The summed E-state index contributed by atoms with van der Waals surface area (Å²) >= 11 is 1.56. The number of thioether (sulfide) groups is 1. The Kier molecular flexibility index (Phi) is 5.28. The molecule has 3 aromatic rings. The molecule has 0 bridgehead atoms. The molecular weight excluding hydrogens is 336 g/mol. The topological polar surface area (TPSA) is 59.5 Å². The second-order valence-electron chi connectivity index (χ2n) is 5.89. The molecule has 0 aliphatic rings. The monoisotopic (exact) mass is 356 g/mol. The van der Waals surface area contributed by atoms with E-state index in [1.165, 1.54) is 0 Å². The molecule has 2 aromatic heterocycles. The highest BCUT2D eigenvalue weighted by atomic mass is 32.2. The average Bonchev–Trinajstić information content (AvgIpc) is 3.20. The van der Waals surface area contributed by atoms with Gasteiger partial charge >= 0.3 is 0 Å². The Labute approximate surface area is 151 Å². The van der Waals surface area contributed by atoms with Gasteiger partial charge in [0.05, 0.1) is 23.6 Å². The van der Waals surface area contributed by atoms with E-state index in [4.69, 9.17) is 8.94 Å². The number of carbonyl (C=O) groups is 1. The molecule has 6 heteroatoms. The first-order valence-electron chi connectivity index (χ1n) is 7.98. The third-order valence-electron chi connectivity index (χ3n) is 3.70. The summed E-state index contributed by atoms with van der Waals surface area (Å²) in [5.74, 6) is 3.01. The Hall–Kier alpha value is -2.47. The van der Waals surface area contributed by atoms with E-state index >= 15 is 0 Å². The van der Waals surface area contributed by atoms with Crippen molar-refractivity contribution in [2.75, 3.05) is 7.05 Å². The van der Waals surface area contributed by atoms with Crippen LogP contribution in [0.4, 0.5) is 0 Å². The SMILES string of the molecule is Cc1cc(CSc2ccccc2C(=O)N(C)Cc2ccc(C)o2)on1. The lowest BCUT2D eigenvalue weighted by atomic mass is 10.2. The average molecular weight is 356 g/mol. The van der Waals surface area contributed by atoms with Crippen LogP contribution in [-0.2, 0) is 12.3 Å². The van der Waals surface area contributed by atoms with Gasteiger partial charge in [0, 0.05) is 18.0 Å². The van der Waals surface area contributed by atoms with Crippen molar-refractivity contribution >= 4 is 17.7 Å². The maximum Gasteiger partial charge on any atom is 0.255 e. The molecule has 0 spiro atoms.